The van der Waals surface area contributed by atoms with Crippen LogP contribution >= 0.6 is 0 Å². The summed E-state index contributed by atoms with van der Waals surface area (Å²) in [5.41, 5.74) is 1.49. The minimum Gasteiger partial charge on any atom is -0.376 e. The monoisotopic (exact) mass is 362 g/mol. The number of H-pyrrole nitrogens is 1. The van der Waals surface area contributed by atoms with Crippen molar-refractivity contribution < 1.29 is 17.9 Å². The number of ether oxygens (including phenoxy) is 1. The molecule has 2 fully saturated rings. The number of benzene rings is 1. The molecule has 0 unspecified atom stereocenters. The van der Waals surface area contributed by atoms with Crippen LogP contribution in [0.25, 0.3) is 10.9 Å². The second-order valence-corrected chi connectivity index (χ2v) is 9.16. The maximum Gasteiger partial charge on any atom is 0.254 e. The Balaban J connectivity index is 1.62. The van der Waals surface area contributed by atoms with E-state index in [4.69, 9.17) is 4.74 Å². The van der Waals surface area contributed by atoms with Crippen molar-refractivity contribution in [1.29, 1.82) is 0 Å². The molecule has 1 N–H and O–H groups in total. The van der Waals surface area contributed by atoms with Gasteiger partial charge < -0.3 is 14.6 Å². The van der Waals surface area contributed by atoms with Crippen molar-refractivity contribution in [2.45, 2.75) is 31.4 Å². The van der Waals surface area contributed by atoms with Gasteiger partial charge in [0.05, 0.1) is 17.6 Å². The van der Waals surface area contributed by atoms with Crippen LogP contribution in [0.15, 0.2) is 30.5 Å². The lowest BCUT2D eigenvalue weighted by atomic mass is 10.1. The molecule has 0 saturated carbocycles. The first-order valence-electron chi connectivity index (χ1n) is 8.72. The van der Waals surface area contributed by atoms with Crippen molar-refractivity contribution in [3.63, 3.8) is 0 Å². The molecular weight excluding hydrogens is 340 g/mol. The van der Waals surface area contributed by atoms with Crippen molar-refractivity contribution in [2.24, 2.45) is 0 Å². The Labute approximate surface area is 147 Å². The van der Waals surface area contributed by atoms with Crippen molar-refractivity contribution in [2.75, 3.05) is 24.7 Å². The standard InChI is InChI=1S/C18H22N2O4S/c21-18(14-4-3-13-5-7-19-17(13)10-14)20(11-16-2-1-8-24-16)15-6-9-25(22,23)12-15/h3-5,7,10,15-16,19H,1-2,6,8-9,11-12H2/t15-,16+/m0/s1. The number of sulfone groups is 1. The van der Waals surface area contributed by atoms with E-state index in [1.165, 1.54) is 0 Å². The molecule has 25 heavy (non-hydrogen) atoms. The third-order valence-electron chi connectivity index (χ3n) is 5.14. The molecule has 2 aliphatic heterocycles. The Morgan fingerprint density at radius 3 is 2.88 bits per heavy atom. The molecule has 6 nitrogen and oxygen atoms in total. The smallest absolute Gasteiger partial charge is 0.254 e. The molecule has 1 aromatic carbocycles. The van der Waals surface area contributed by atoms with Gasteiger partial charge in [0.2, 0.25) is 0 Å². The first-order chi connectivity index (χ1) is 12.0. The number of amides is 1. The van der Waals surface area contributed by atoms with Gasteiger partial charge in [-0.3, -0.25) is 4.79 Å². The van der Waals surface area contributed by atoms with Gasteiger partial charge in [0, 0.05) is 36.5 Å². The fourth-order valence-corrected chi connectivity index (χ4v) is 5.50. The summed E-state index contributed by atoms with van der Waals surface area (Å²) in [6.45, 7) is 1.17. The zero-order valence-corrected chi connectivity index (χ0v) is 14.8. The Morgan fingerprint density at radius 1 is 1.28 bits per heavy atom. The third kappa shape index (κ3) is 3.43. The minimum atomic E-state index is -3.06. The fourth-order valence-electron chi connectivity index (χ4n) is 3.77. The average molecular weight is 362 g/mol. The van der Waals surface area contributed by atoms with Crippen LogP contribution in [0, 0.1) is 0 Å². The molecule has 2 aliphatic rings. The summed E-state index contributed by atoms with van der Waals surface area (Å²) < 4.78 is 29.5. The van der Waals surface area contributed by atoms with Crippen molar-refractivity contribution in [3.05, 3.63) is 36.0 Å². The molecular formula is C18H22N2O4S. The van der Waals surface area contributed by atoms with Gasteiger partial charge in [-0.1, -0.05) is 6.07 Å². The van der Waals surface area contributed by atoms with Gasteiger partial charge in [-0.2, -0.15) is 0 Å². The largest absolute Gasteiger partial charge is 0.376 e. The summed E-state index contributed by atoms with van der Waals surface area (Å²) in [6, 6.07) is 7.25. The van der Waals surface area contributed by atoms with Crippen LogP contribution in [-0.4, -0.2) is 61.0 Å². The van der Waals surface area contributed by atoms with Crippen LogP contribution in [0.5, 0.6) is 0 Å². The number of aromatic amines is 1. The molecule has 3 heterocycles. The van der Waals surface area contributed by atoms with Crippen LogP contribution in [-0.2, 0) is 14.6 Å². The van der Waals surface area contributed by atoms with E-state index in [0.29, 0.717) is 25.1 Å². The van der Waals surface area contributed by atoms with Gasteiger partial charge in [-0.05, 0) is 42.8 Å². The molecule has 2 atom stereocenters. The van der Waals surface area contributed by atoms with E-state index in [1.54, 1.807) is 4.90 Å². The Morgan fingerprint density at radius 2 is 2.16 bits per heavy atom. The maximum atomic E-state index is 13.2. The highest BCUT2D eigenvalue weighted by Crippen LogP contribution is 2.24. The fraction of sp³-hybridized carbons (Fsp3) is 0.500. The van der Waals surface area contributed by atoms with E-state index < -0.39 is 9.84 Å². The molecule has 4 rings (SSSR count). The highest BCUT2D eigenvalue weighted by Gasteiger charge is 2.36. The summed E-state index contributed by atoms with van der Waals surface area (Å²) >= 11 is 0. The number of nitrogens with one attached hydrogen (secondary N) is 1. The molecule has 2 aromatic rings. The lowest BCUT2D eigenvalue weighted by molar-refractivity contribution is 0.0441. The number of hydrogen-bond donors (Lipinski definition) is 1. The van der Waals surface area contributed by atoms with Crippen molar-refractivity contribution in [1.82, 2.24) is 9.88 Å². The van der Waals surface area contributed by atoms with E-state index in [9.17, 15) is 13.2 Å². The summed E-state index contributed by atoms with van der Waals surface area (Å²) in [5, 5.41) is 1.05. The quantitative estimate of drug-likeness (QED) is 0.902. The Hall–Kier alpha value is -1.86. The van der Waals surface area contributed by atoms with Gasteiger partial charge in [-0.25, -0.2) is 8.42 Å². The molecule has 1 amide bonds. The number of hydrogen-bond acceptors (Lipinski definition) is 4. The number of carbonyl (C=O) groups is 1. The zero-order valence-electron chi connectivity index (χ0n) is 14.0. The average Bonchev–Trinajstić information content (AvgIpc) is 3.31. The molecule has 7 heteroatoms. The van der Waals surface area contributed by atoms with Crippen LogP contribution in [0.3, 0.4) is 0 Å². The van der Waals surface area contributed by atoms with E-state index in [0.717, 1.165) is 23.7 Å². The molecule has 0 spiro atoms. The van der Waals surface area contributed by atoms with E-state index in [2.05, 4.69) is 4.98 Å². The normalized spacial score (nSPS) is 25.4. The van der Waals surface area contributed by atoms with Gasteiger partial charge in [0.1, 0.15) is 0 Å². The zero-order chi connectivity index (χ0) is 17.4. The first-order valence-corrected chi connectivity index (χ1v) is 10.5. The summed E-state index contributed by atoms with van der Waals surface area (Å²) in [6.07, 6.45) is 4.25. The lowest BCUT2D eigenvalue weighted by Gasteiger charge is -2.30. The van der Waals surface area contributed by atoms with Gasteiger partial charge in [0.15, 0.2) is 9.84 Å². The summed E-state index contributed by atoms with van der Waals surface area (Å²) in [5.74, 6) is 0.0906. The lowest BCUT2D eigenvalue weighted by Crippen LogP contribution is -2.45. The number of rotatable bonds is 4. The number of carbonyl (C=O) groups excluding carboxylic acids is 1. The maximum absolute atomic E-state index is 13.2. The predicted molar refractivity (Wildman–Crippen MR) is 95.4 cm³/mol. The minimum absolute atomic E-state index is 0.00136. The van der Waals surface area contributed by atoms with E-state index in [-0.39, 0.29) is 29.6 Å². The van der Waals surface area contributed by atoms with Crippen LogP contribution in [0.1, 0.15) is 29.6 Å². The summed E-state index contributed by atoms with van der Waals surface area (Å²) in [7, 11) is -3.06. The topological polar surface area (TPSA) is 79.5 Å². The van der Waals surface area contributed by atoms with Crippen molar-refractivity contribution in [3.8, 4) is 0 Å². The Bertz CT molecular complexity index is 883. The molecule has 0 aliphatic carbocycles. The highest BCUT2D eigenvalue weighted by molar-refractivity contribution is 7.91. The van der Waals surface area contributed by atoms with Crippen LogP contribution in [0.2, 0.25) is 0 Å². The molecule has 0 radical (unpaired) electrons. The van der Waals surface area contributed by atoms with Crippen LogP contribution in [0.4, 0.5) is 0 Å². The van der Waals surface area contributed by atoms with Gasteiger partial charge in [-0.15, -0.1) is 0 Å². The van der Waals surface area contributed by atoms with E-state index >= 15 is 0 Å². The van der Waals surface area contributed by atoms with E-state index in [1.807, 2.05) is 30.5 Å². The number of nitrogens with zero attached hydrogens (tertiary/aromatic N) is 1. The molecule has 2 saturated heterocycles. The van der Waals surface area contributed by atoms with Crippen LogP contribution < -0.4 is 0 Å². The van der Waals surface area contributed by atoms with Crippen molar-refractivity contribution >= 4 is 26.6 Å². The highest BCUT2D eigenvalue weighted by atomic mass is 32.2. The SMILES string of the molecule is O=C(c1ccc2cc[nH]c2c1)N(C[C@H]1CCCO1)[C@H]1CCS(=O)(=O)C1. The second kappa shape index (κ2) is 6.46. The molecule has 1 aromatic heterocycles. The van der Waals surface area contributed by atoms with Gasteiger partial charge >= 0.3 is 0 Å². The molecule has 134 valence electrons. The Kier molecular flexibility index (Phi) is 4.29. The number of aromatic nitrogens is 1. The first kappa shape index (κ1) is 16.6. The summed E-state index contributed by atoms with van der Waals surface area (Å²) in [4.78, 5) is 18.0. The predicted octanol–water partition coefficient (Wildman–Crippen LogP) is 1.98. The third-order valence-corrected chi connectivity index (χ3v) is 6.89. The number of fused-ring (bicyclic) bond motifs is 1. The molecule has 0 bridgehead atoms. The van der Waals surface area contributed by atoms with Gasteiger partial charge in [0.25, 0.3) is 5.91 Å². The second-order valence-electron chi connectivity index (χ2n) is 6.93.